The highest BCUT2D eigenvalue weighted by Crippen LogP contribution is 2.23. The Labute approximate surface area is 118 Å². The summed E-state index contributed by atoms with van der Waals surface area (Å²) in [6.07, 6.45) is 1.80. The van der Waals surface area contributed by atoms with Crippen molar-refractivity contribution in [2.24, 2.45) is 0 Å². The number of aryl methyl sites for hydroxylation is 1. The van der Waals surface area contributed by atoms with Crippen molar-refractivity contribution in [1.29, 1.82) is 0 Å². The second kappa shape index (κ2) is 6.48. The van der Waals surface area contributed by atoms with Gasteiger partial charge in [-0.25, -0.2) is 4.39 Å². The van der Waals surface area contributed by atoms with Crippen LogP contribution in [-0.4, -0.2) is 12.1 Å². The maximum atomic E-state index is 13.5. The maximum absolute atomic E-state index is 13.5. The molecule has 0 unspecified atom stereocenters. The Balaban J connectivity index is 2.03. The van der Waals surface area contributed by atoms with Crippen LogP contribution in [0.15, 0.2) is 30.5 Å². The van der Waals surface area contributed by atoms with Crippen LogP contribution in [0, 0.1) is 19.7 Å². The molecule has 0 aliphatic rings. The zero-order valence-electron chi connectivity index (χ0n) is 12.0. The fourth-order valence-corrected chi connectivity index (χ4v) is 2.21. The average molecular weight is 274 g/mol. The van der Waals surface area contributed by atoms with Gasteiger partial charge >= 0.3 is 0 Å². The summed E-state index contributed by atoms with van der Waals surface area (Å²) in [4.78, 5) is 4.40. The first kappa shape index (κ1) is 14.5. The van der Waals surface area contributed by atoms with Crippen LogP contribution in [0.1, 0.15) is 22.4 Å². The Bertz CT molecular complexity index is 599. The van der Waals surface area contributed by atoms with Crippen molar-refractivity contribution in [3.05, 3.63) is 58.7 Å². The molecule has 0 amide bonds. The van der Waals surface area contributed by atoms with Gasteiger partial charge in [-0.3, -0.25) is 4.98 Å². The molecule has 0 aliphatic heterocycles. The molecule has 1 heterocycles. The lowest BCUT2D eigenvalue weighted by molar-refractivity contribution is 0.406. The molecule has 4 heteroatoms. The predicted octanol–water partition coefficient (Wildman–Crippen LogP) is 3.14. The molecule has 0 bridgehead atoms. The quantitative estimate of drug-likeness (QED) is 0.909. The second-order valence-corrected chi connectivity index (χ2v) is 4.74. The minimum Gasteiger partial charge on any atom is -0.496 e. The normalized spacial score (nSPS) is 10.6. The van der Waals surface area contributed by atoms with Crippen LogP contribution in [0.5, 0.6) is 5.75 Å². The molecule has 0 saturated heterocycles. The van der Waals surface area contributed by atoms with Crippen molar-refractivity contribution in [1.82, 2.24) is 10.3 Å². The van der Waals surface area contributed by atoms with Crippen molar-refractivity contribution in [3.8, 4) is 5.75 Å². The summed E-state index contributed by atoms with van der Waals surface area (Å²) in [5, 5.41) is 3.21. The van der Waals surface area contributed by atoms with Gasteiger partial charge in [0.2, 0.25) is 0 Å². The van der Waals surface area contributed by atoms with Crippen LogP contribution < -0.4 is 10.1 Å². The fraction of sp³-hybridized carbons (Fsp3) is 0.312. The van der Waals surface area contributed by atoms with Gasteiger partial charge in [-0.1, -0.05) is 18.2 Å². The Morgan fingerprint density at radius 1 is 1.20 bits per heavy atom. The topological polar surface area (TPSA) is 34.1 Å². The highest BCUT2D eigenvalue weighted by Gasteiger charge is 2.09. The number of ether oxygens (including phenoxy) is 1. The fourth-order valence-electron chi connectivity index (χ4n) is 2.21. The third-order valence-electron chi connectivity index (χ3n) is 3.32. The molecule has 1 aromatic heterocycles. The van der Waals surface area contributed by atoms with Crippen LogP contribution in [0.25, 0.3) is 0 Å². The summed E-state index contributed by atoms with van der Waals surface area (Å²) in [5.74, 6) is 0.675. The Hall–Kier alpha value is -1.94. The number of methoxy groups -OCH3 is 1. The Morgan fingerprint density at radius 3 is 2.65 bits per heavy atom. The molecule has 2 aromatic rings. The highest BCUT2D eigenvalue weighted by atomic mass is 19.1. The summed E-state index contributed by atoms with van der Waals surface area (Å²) < 4.78 is 18.9. The number of nitrogens with zero attached hydrogens (tertiary/aromatic N) is 1. The molecule has 0 aliphatic carbocycles. The molecule has 1 N–H and O–H groups in total. The van der Waals surface area contributed by atoms with E-state index in [1.807, 2.05) is 19.9 Å². The number of aromatic nitrogens is 1. The Kier molecular flexibility index (Phi) is 4.69. The monoisotopic (exact) mass is 274 g/mol. The third kappa shape index (κ3) is 3.14. The number of rotatable bonds is 5. The van der Waals surface area contributed by atoms with Crippen molar-refractivity contribution >= 4 is 0 Å². The van der Waals surface area contributed by atoms with E-state index in [9.17, 15) is 4.39 Å². The van der Waals surface area contributed by atoms with Gasteiger partial charge in [-0.15, -0.1) is 0 Å². The standard InChI is InChI=1S/C16H19FN2O/c1-11-8-19-15(12(2)16(11)20-3)10-18-9-13-6-4-5-7-14(13)17/h4-8,18H,9-10H2,1-3H3. The molecule has 1 aromatic carbocycles. The van der Waals surface area contributed by atoms with Gasteiger partial charge < -0.3 is 10.1 Å². The Morgan fingerprint density at radius 2 is 1.95 bits per heavy atom. The third-order valence-corrected chi connectivity index (χ3v) is 3.32. The average Bonchev–Trinajstić information content (AvgIpc) is 2.44. The molecule has 20 heavy (non-hydrogen) atoms. The number of hydrogen-bond donors (Lipinski definition) is 1. The van der Waals surface area contributed by atoms with E-state index in [2.05, 4.69) is 10.3 Å². The van der Waals surface area contributed by atoms with Crippen LogP contribution in [0.2, 0.25) is 0 Å². The largest absolute Gasteiger partial charge is 0.496 e. The van der Waals surface area contributed by atoms with Crippen LogP contribution >= 0.6 is 0 Å². The first-order valence-corrected chi connectivity index (χ1v) is 6.56. The van der Waals surface area contributed by atoms with Crippen molar-refractivity contribution < 1.29 is 9.13 Å². The minimum atomic E-state index is -0.189. The van der Waals surface area contributed by atoms with Crippen LogP contribution in [-0.2, 0) is 13.1 Å². The minimum absolute atomic E-state index is 0.189. The zero-order valence-corrected chi connectivity index (χ0v) is 12.0. The van der Waals surface area contributed by atoms with E-state index < -0.39 is 0 Å². The number of halogens is 1. The molecule has 0 fully saturated rings. The van der Waals surface area contributed by atoms with E-state index in [0.717, 1.165) is 22.6 Å². The molecule has 0 spiro atoms. The number of benzene rings is 1. The number of nitrogens with one attached hydrogen (secondary N) is 1. The molecule has 0 saturated carbocycles. The summed E-state index contributed by atoms with van der Waals surface area (Å²) in [7, 11) is 1.66. The van der Waals surface area contributed by atoms with E-state index in [-0.39, 0.29) is 5.82 Å². The summed E-state index contributed by atoms with van der Waals surface area (Å²) >= 11 is 0. The molecular formula is C16H19FN2O. The number of hydrogen-bond acceptors (Lipinski definition) is 3. The van der Waals surface area contributed by atoms with E-state index in [0.29, 0.717) is 18.7 Å². The van der Waals surface area contributed by atoms with Crippen molar-refractivity contribution in [2.45, 2.75) is 26.9 Å². The number of pyridine rings is 1. The zero-order chi connectivity index (χ0) is 14.5. The van der Waals surface area contributed by atoms with Crippen molar-refractivity contribution in [3.63, 3.8) is 0 Å². The molecule has 2 rings (SSSR count). The van der Waals surface area contributed by atoms with E-state index in [4.69, 9.17) is 4.74 Å². The smallest absolute Gasteiger partial charge is 0.128 e. The van der Waals surface area contributed by atoms with Crippen LogP contribution in [0.4, 0.5) is 4.39 Å². The van der Waals surface area contributed by atoms with Gasteiger partial charge in [0.1, 0.15) is 11.6 Å². The molecule has 0 radical (unpaired) electrons. The second-order valence-electron chi connectivity index (χ2n) is 4.74. The van der Waals surface area contributed by atoms with Crippen LogP contribution in [0.3, 0.4) is 0 Å². The summed E-state index contributed by atoms with van der Waals surface area (Å²) in [6, 6.07) is 6.77. The SMILES string of the molecule is COc1c(C)cnc(CNCc2ccccc2F)c1C. The first-order valence-electron chi connectivity index (χ1n) is 6.56. The van der Waals surface area contributed by atoms with Gasteiger partial charge in [0, 0.05) is 36.0 Å². The van der Waals surface area contributed by atoms with Gasteiger partial charge in [-0.05, 0) is 19.9 Å². The lowest BCUT2D eigenvalue weighted by Gasteiger charge is -2.13. The van der Waals surface area contributed by atoms with E-state index in [1.54, 1.807) is 25.4 Å². The van der Waals surface area contributed by atoms with Gasteiger partial charge in [0.15, 0.2) is 0 Å². The predicted molar refractivity (Wildman–Crippen MR) is 77.2 cm³/mol. The van der Waals surface area contributed by atoms with Crippen molar-refractivity contribution in [2.75, 3.05) is 7.11 Å². The maximum Gasteiger partial charge on any atom is 0.128 e. The van der Waals surface area contributed by atoms with Gasteiger partial charge in [-0.2, -0.15) is 0 Å². The summed E-state index contributed by atoms with van der Waals surface area (Å²) in [6.45, 7) is 5.01. The van der Waals surface area contributed by atoms with E-state index in [1.165, 1.54) is 6.07 Å². The molecule has 3 nitrogen and oxygen atoms in total. The van der Waals surface area contributed by atoms with Gasteiger partial charge in [0.25, 0.3) is 0 Å². The summed E-state index contributed by atoms with van der Waals surface area (Å²) in [5.41, 5.74) is 3.62. The van der Waals surface area contributed by atoms with E-state index >= 15 is 0 Å². The first-order chi connectivity index (χ1) is 9.63. The molecule has 106 valence electrons. The van der Waals surface area contributed by atoms with Gasteiger partial charge in [0.05, 0.1) is 12.8 Å². The lowest BCUT2D eigenvalue weighted by atomic mass is 10.1. The molecule has 0 atom stereocenters. The lowest BCUT2D eigenvalue weighted by Crippen LogP contribution is -2.16. The highest BCUT2D eigenvalue weighted by molar-refractivity contribution is 5.41. The molecular weight excluding hydrogens is 255 g/mol.